The van der Waals surface area contributed by atoms with E-state index in [4.69, 9.17) is 27.9 Å². The van der Waals surface area contributed by atoms with E-state index in [2.05, 4.69) is 15.2 Å². The Kier molecular flexibility index (Phi) is 6.88. The van der Waals surface area contributed by atoms with Gasteiger partial charge in [0.1, 0.15) is 5.82 Å². The number of amides is 1. The molecule has 0 bridgehead atoms. The van der Waals surface area contributed by atoms with Gasteiger partial charge < -0.3 is 20.1 Å². The molecular formula is C23H22Cl2N4O4. The lowest BCUT2D eigenvalue weighted by atomic mass is 10.1. The summed E-state index contributed by atoms with van der Waals surface area (Å²) in [4.78, 5) is 32.2. The molecule has 2 aromatic carbocycles. The first-order valence-electron chi connectivity index (χ1n) is 10.3. The number of ether oxygens (including phenoxy) is 1. The average molecular weight is 489 g/mol. The normalized spacial score (nSPS) is 13.7. The van der Waals surface area contributed by atoms with Gasteiger partial charge in [0.2, 0.25) is 5.75 Å². The molecule has 10 heteroatoms. The maximum atomic E-state index is 12.9. The number of benzene rings is 2. The van der Waals surface area contributed by atoms with Crippen LogP contribution in [-0.2, 0) is 18.3 Å². The quantitative estimate of drug-likeness (QED) is 0.572. The van der Waals surface area contributed by atoms with Crippen molar-refractivity contribution < 1.29 is 14.6 Å². The van der Waals surface area contributed by atoms with Gasteiger partial charge in [-0.25, -0.2) is 4.98 Å². The highest BCUT2D eigenvalue weighted by atomic mass is 35.5. The zero-order valence-electron chi connectivity index (χ0n) is 17.8. The predicted molar refractivity (Wildman–Crippen MR) is 127 cm³/mol. The summed E-state index contributed by atoms with van der Waals surface area (Å²) in [6.45, 7) is 2.70. The lowest BCUT2D eigenvalue weighted by molar-refractivity contribution is 0.0942. The minimum atomic E-state index is -0.712. The molecule has 1 amide bonds. The summed E-state index contributed by atoms with van der Waals surface area (Å²) in [7, 11) is 1.51. The summed E-state index contributed by atoms with van der Waals surface area (Å²) in [5, 5.41) is 13.8. The van der Waals surface area contributed by atoms with Gasteiger partial charge in [0.15, 0.2) is 5.69 Å². The van der Waals surface area contributed by atoms with Gasteiger partial charge in [-0.15, -0.1) is 0 Å². The third-order valence-corrected chi connectivity index (χ3v) is 6.15. The molecule has 33 heavy (non-hydrogen) atoms. The van der Waals surface area contributed by atoms with Gasteiger partial charge >= 0.3 is 0 Å². The van der Waals surface area contributed by atoms with Crippen LogP contribution in [0.3, 0.4) is 0 Å². The number of morpholine rings is 1. The van der Waals surface area contributed by atoms with Crippen molar-refractivity contribution in [2.24, 2.45) is 7.05 Å². The van der Waals surface area contributed by atoms with Crippen molar-refractivity contribution in [2.75, 3.05) is 31.2 Å². The van der Waals surface area contributed by atoms with Crippen molar-refractivity contribution in [3.63, 3.8) is 0 Å². The molecule has 1 aromatic heterocycles. The van der Waals surface area contributed by atoms with Crippen LogP contribution in [0.25, 0.3) is 11.4 Å². The van der Waals surface area contributed by atoms with E-state index < -0.39 is 17.2 Å². The highest BCUT2D eigenvalue weighted by Crippen LogP contribution is 2.30. The van der Waals surface area contributed by atoms with Crippen LogP contribution in [0.4, 0.5) is 5.69 Å². The molecule has 8 nitrogen and oxygen atoms in total. The molecule has 0 spiro atoms. The highest BCUT2D eigenvalue weighted by Gasteiger charge is 2.23. The second kappa shape index (κ2) is 9.82. The molecule has 4 rings (SSSR count). The number of hydrogen-bond acceptors (Lipinski definition) is 6. The van der Waals surface area contributed by atoms with Crippen LogP contribution >= 0.6 is 23.2 Å². The first-order valence-corrected chi connectivity index (χ1v) is 11.1. The van der Waals surface area contributed by atoms with E-state index in [-0.39, 0.29) is 18.1 Å². The number of carbonyl (C=O) groups is 1. The topological polar surface area (TPSA) is 96.7 Å². The number of carbonyl (C=O) groups excluding carboxylic acids is 1. The van der Waals surface area contributed by atoms with Crippen LogP contribution in [-0.4, -0.2) is 46.9 Å². The summed E-state index contributed by atoms with van der Waals surface area (Å²) in [5.74, 6) is -1.11. The van der Waals surface area contributed by atoms with E-state index in [1.54, 1.807) is 18.2 Å². The van der Waals surface area contributed by atoms with Gasteiger partial charge in [-0.3, -0.25) is 14.2 Å². The van der Waals surface area contributed by atoms with E-state index in [1.807, 2.05) is 24.3 Å². The first kappa shape index (κ1) is 23.1. The molecule has 0 aliphatic carbocycles. The number of anilines is 1. The molecule has 0 saturated carbocycles. The summed E-state index contributed by atoms with van der Waals surface area (Å²) >= 11 is 12.0. The Balaban J connectivity index is 1.68. The van der Waals surface area contributed by atoms with Crippen molar-refractivity contribution >= 4 is 34.8 Å². The Morgan fingerprint density at radius 3 is 2.61 bits per heavy atom. The van der Waals surface area contributed by atoms with Gasteiger partial charge in [0.05, 0.1) is 23.3 Å². The molecule has 1 aliphatic rings. The molecule has 2 N–H and O–H groups in total. The smallest absolute Gasteiger partial charge is 0.296 e. The fourth-order valence-corrected chi connectivity index (χ4v) is 3.97. The van der Waals surface area contributed by atoms with Crippen LogP contribution in [0.2, 0.25) is 10.0 Å². The minimum absolute atomic E-state index is 0.117. The molecule has 3 aromatic rings. The lowest BCUT2D eigenvalue weighted by Crippen LogP contribution is -2.36. The molecule has 0 unspecified atom stereocenters. The van der Waals surface area contributed by atoms with Crippen LogP contribution < -0.4 is 15.8 Å². The van der Waals surface area contributed by atoms with Crippen molar-refractivity contribution in [1.29, 1.82) is 0 Å². The number of aromatic nitrogens is 2. The van der Waals surface area contributed by atoms with Gasteiger partial charge in [-0.2, -0.15) is 0 Å². The largest absolute Gasteiger partial charge is 0.501 e. The van der Waals surface area contributed by atoms with Crippen molar-refractivity contribution in [2.45, 2.75) is 6.54 Å². The van der Waals surface area contributed by atoms with E-state index in [9.17, 15) is 14.7 Å². The van der Waals surface area contributed by atoms with E-state index in [0.717, 1.165) is 5.69 Å². The summed E-state index contributed by atoms with van der Waals surface area (Å²) in [6, 6.07) is 12.5. The number of halogens is 2. The maximum Gasteiger partial charge on any atom is 0.296 e. The number of rotatable bonds is 5. The fraction of sp³-hybridized carbons (Fsp3) is 0.261. The predicted octanol–water partition coefficient (Wildman–Crippen LogP) is 3.23. The van der Waals surface area contributed by atoms with Gasteiger partial charge in [-0.05, 0) is 29.8 Å². The van der Waals surface area contributed by atoms with Gasteiger partial charge in [0, 0.05) is 37.9 Å². The summed E-state index contributed by atoms with van der Waals surface area (Å²) < 4.78 is 6.68. The Morgan fingerprint density at radius 1 is 1.15 bits per heavy atom. The van der Waals surface area contributed by atoms with E-state index in [0.29, 0.717) is 47.5 Å². The second-order valence-corrected chi connectivity index (χ2v) is 8.36. The monoisotopic (exact) mass is 488 g/mol. The molecule has 172 valence electrons. The van der Waals surface area contributed by atoms with E-state index >= 15 is 0 Å². The zero-order chi connectivity index (χ0) is 23.5. The standard InChI is InChI=1S/C23H22Cl2N4O4/c1-28-21(15-4-2-3-5-18(15)29-8-10-33-11-9-29)27-19(20(30)23(28)32)22(31)26-13-14-6-7-16(24)17(25)12-14/h2-7,12,30H,8-11,13H2,1H3,(H,26,31). The number of nitrogens with zero attached hydrogens (tertiary/aromatic N) is 3. The molecule has 0 radical (unpaired) electrons. The maximum absolute atomic E-state index is 12.9. The van der Waals surface area contributed by atoms with Gasteiger partial charge in [0.25, 0.3) is 11.5 Å². The highest BCUT2D eigenvalue weighted by molar-refractivity contribution is 6.42. The Labute approximate surface area is 200 Å². The molecule has 1 saturated heterocycles. The summed E-state index contributed by atoms with van der Waals surface area (Å²) in [6.07, 6.45) is 0. The third kappa shape index (κ3) is 4.83. The van der Waals surface area contributed by atoms with E-state index in [1.165, 1.54) is 11.6 Å². The third-order valence-electron chi connectivity index (χ3n) is 5.42. The van der Waals surface area contributed by atoms with Gasteiger partial charge in [-0.1, -0.05) is 41.4 Å². The van der Waals surface area contributed by atoms with Crippen molar-refractivity contribution in [1.82, 2.24) is 14.9 Å². The second-order valence-electron chi connectivity index (χ2n) is 7.54. The van der Waals surface area contributed by atoms with Crippen LogP contribution in [0.1, 0.15) is 16.1 Å². The number of para-hydroxylation sites is 1. The molecule has 1 fully saturated rings. The van der Waals surface area contributed by atoms with Crippen molar-refractivity contribution in [3.8, 4) is 17.1 Å². The first-order chi connectivity index (χ1) is 15.9. The SMILES string of the molecule is Cn1c(-c2ccccc2N2CCOCC2)nc(C(=O)NCc2ccc(Cl)c(Cl)c2)c(O)c1=O. The van der Waals surface area contributed by atoms with Crippen molar-refractivity contribution in [3.05, 3.63) is 74.1 Å². The zero-order valence-corrected chi connectivity index (χ0v) is 19.4. The Hall–Kier alpha value is -3.07. The Morgan fingerprint density at radius 2 is 1.88 bits per heavy atom. The fourth-order valence-electron chi connectivity index (χ4n) is 3.65. The Bertz CT molecular complexity index is 1260. The number of hydrogen-bond donors (Lipinski definition) is 2. The number of nitrogens with one attached hydrogen (secondary N) is 1. The molecule has 0 atom stereocenters. The molecule has 1 aliphatic heterocycles. The molecular weight excluding hydrogens is 467 g/mol. The number of aromatic hydroxyl groups is 1. The lowest BCUT2D eigenvalue weighted by Gasteiger charge is -2.30. The van der Waals surface area contributed by atoms with Crippen LogP contribution in [0, 0.1) is 0 Å². The average Bonchev–Trinajstić information content (AvgIpc) is 2.84. The van der Waals surface area contributed by atoms with Crippen LogP contribution in [0.15, 0.2) is 47.3 Å². The van der Waals surface area contributed by atoms with Crippen LogP contribution in [0.5, 0.6) is 5.75 Å². The molecule has 2 heterocycles. The summed E-state index contributed by atoms with van der Waals surface area (Å²) in [5.41, 5.74) is 1.20. The minimum Gasteiger partial charge on any atom is -0.501 e.